The summed E-state index contributed by atoms with van der Waals surface area (Å²) in [5.41, 5.74) is 14.2. The number of anilines is 1. The number of nitrogens with two attached hydrogens (primary N) is 2. The van der Waals surface area contributed by atoms with Gasteiger partial charge in [-0.3, -0.25) is 0 Å². The van der Waals surface area contributed by atoms with Crippen molar-refractivity contribution < 1.29 is 17.3 Å². The van der Waals surface area contributed by atoms with E-state index in [1.807, 2.05) is 0 Å². The van der Waals surface area contributed by atoms with E-state index in [0.29, 0.717) is 28.1 Å². The van der Waals surface area contributed by atoms with E-state index in [9.17, 15) is 12.8 Å². The molecule has 4 N–H and O–H groups in total. The second kappa shape index (κ2) is 8.72. The van der Waals surface area contributed by atoms with E-state index in [2.05, 4.69) is 15.1 Å². The highest BCUT2D eigenvalue weighted by atomic mass is 32.2. The van der Waals surface area contributed by atoms with Gasteiger partial charge in [0.15, 0.2) is 27.1 Å². The van der Waals surface area contributed by atoms with Crippen molar-refractivity contribution in [2.75, 3.05) is 5.73 Å². The molecule has 10 heteroatoms. The van der Waals surface area contributed by atoms with Crippen LogP contribution in [0.1, 0.15) is 19.4 Å². The van der Waals surface area contributed by atoms with Crippen molar-refractivity contribution in [1.29, 1.82) is 0 Å². The molecule has 0 atom stereocenters. The Kier molecular flexibility index (Phi) is 5.96. The first-order valence-electron chi connectivity index (χ1n) is 10.1. The molecule has 0 saturated carbocycles. The Bertz CT molecular complexity index is 1420. The highest BCUT2D eigenvalue weighted by molar-refractivity contribution is 7.92. The molecule has 2 aromatic carbocycles. The van der Waals surface area contributed by atoms with Gasteiger partial charge in [-0.2, -0.15) is 0 Å². The number of halogens is 1. The first-order valence-corrected chi connectivity index (χ1v) is 11.7. The summed E-state index contributed by atoms with van der Waals surface area (Å²) in [6.07, 6.45) is 1.49. The van der Waals surface area contributed by atoms with Gasteiger partial charge in [0.2, 0.25) is 0 Å². The number of hydrogen-bond acceptors (Lipinski definition) is 8. The van der Waals surface area contributed by atoms with Crippen LogP contribution in [0.3, 0.4) is 0 Å². The van der Waals surface area contributed by atoms with E-state index in [0.717, 1.165) is 0 Å². The molecule has 0 aliphatic heterocycles. The highest BCUT2D eigenvalue weighted by Gasteiger charge is 2.20. The van der Waals surface area contributed by atoms with Crippen LogP contribution in [-0.4, -0.2) is 28.8 Å². The summed E-state index contributed by atoms with van der Waals surface area (Å²) in [5.74, 6) is -0.0342. The summed E-state index contributed by atoms with van der Waals surface area (Å²) in [5, 5.41) is 3.47. The average molecular weight is 468 g/mol. The zero-order valence-corrected chi connectivity index (χ0v) is 18.8. The van der Waals surface area contributed by atoms with Gasteiger partial charge in [-0.1, -0.05) is 29.4 Å². The Balaban J connectivity index is 1.67. The van der Waals surface area contributed by atoms with Crippen LogP contribution in [0.5, 0.6) is 0 Å². The predicted octanol–water partition coefficient (Wildman–Crippen LogP) is 3.83. The van der Waals surface area contributed by atoms with E-state index < -0.39 is 20.9 Å². The van der Waals surface area contributed by atoms with Crippen LogP contribution in [0.2, 0.25) is 0 Å². The topological polar surface area (TPSA) is 138 Å². The fourth-order valence-electron chi connectivity index (χ4n) is 3.20. The molecule has 8 nitrogen and oxygen atoms in total. The Hall–Kier alpha value is -3.63. The van der Waals surface area contributed by atoms with Gasteiger partial charge in [-0.15, -0.1) is 0 Å². The molecule has 0 saturated heterocycles. The molecule has 0 aliphatic rings. The van der Waals surface area contributed by atoms with Crippen LogP contribution in [-0.2, 0) is 16.4 Å². The Morgan fingerprint density at radius 1 is 1.03 bits per heavy atom. The number of benzene rings is 2. The van der Waals surface area contributed by atoms with Gasteiger partial charge in [0, 0.05) is 29.3 Å². The third-order valence-electron chi connectivity index (χ3n) is 5.21. The van der Waals surface area contributed by atoms with Crippen LogP contribution < -0.4 is 11.5 Å². The van der Waals surface area contributed by atoms with E-state index in [1.54, 1.807) is 44.2 Å². The SMILES string of the molecule is CC(C)S(=O)(=O)c1ccc(-c2cnc(N)c(-c3cc(-c4ccc(CN)c(F)c4)no3)n2)cc1. The Morgan fingerprint density at radius 3 is 2.36 bits per heavy atom. The van der Waals surface area contributed by atoms with Crippen molar-refractivity contribution >= 4 is 15.7 Å². The van der Waals surface area contributed by atoms with Crippen molar-refractivity contribution in [3.05, 3.63) is 66.1 Å². The standard InChI is InChI=1S/C23H22FN5O3S/c1-13(2)33(30,31)17-7-5-14(6-8-17)20-12-27-23(26)22(28-20)21-10-19(29-32-21)15-3-4-16(11-25)18(24)9-15/h3-10,12-13H,11,25H2,1-2H3,(H2,26,27). The molecule has 0 radical (unpaired) electrons. The lowest BCUT2D eigenvalue weighted by Gasteiger charge is -2.09. The van der Waals surface area contributed by atoms with Gasteiger partial charge < -0.3 is 16.0 Å². The first-order chi connectivity index (χ1) is 15.7. The number of hydrogen-bond donors (Lipinski definition) is 2. The van der Waals surface area contributed by atoms with Crippen LogP contribution in [0.15, 0.2) is 64.1 Å². The predicted molar refractivity (Wildman–Crippen MR) is 123 cm³/mol. The second-order valence-electron chi connectivity index (χ2n) is 7.69. The fourth-order valence-corrected chi connectivity index (χ4v) is 4.26. The smallest absolute Gasteiger partial charge is 0.189 e. The molecule has 0 amide bonds. The van der Waals surface area contributed by atoms with E-state index in [1.165, 1.54) is 24.4 Å². The van der Waals surface area contributed by atoms with Crippen LogP contribution in [0.4, 0.5) is 10.2 Å². The van der Waals surface area contributed by atoms with Gasteiger partial charge in [0.25, 0.3) is 0 Å². The lowest BCUT2D eigenvalue weighted by atomic mass is 10.1. The van der Waals surface area contributed by atoms with Gasteiger partial charge >= 0.3 is 0 Å². The largest absolute Gasteiger partial charge is 0.382 e. The lowest BCUT2D eigenvalue weighted by molar-refractivity contribution is 0.433. The van der Waals surface area contributed by atoms with E-state index in [-0.39, 0.29) is 28.7 Å². The van der Waals surface area contributed by atoms with E-state index in [4.69, 9.17) is 16.0 Å². The average Bonchev–Trinajstić information content (AvgIpc) is 3.29. The summed E-state index contributed by atoms with van der Waals surface area (Å²) in [6.45, 7) is 3.36. The highest BCUT2D eigenvalue weighted by Crippen LogP contribution is 2.30. The summed E-state index contributed by atoms with van der Waals surface area (Å²) in [4.78, 5) is 8.95. The van der Waals surface area contributed by atoms with Crippen molar-refractivity contribution in [2.45, 2.75) is 30.5 Å². The summed E-state index contributed by atoms with van der Waals surface area (Å²) in [7, 11) is -3.38. The van der Waals surface area contributed by atoms with Crippen LogP contribution in [0, 0.1) is 5.82 Å². The minimum absolute atomic E-state index is 0.0967. The monoisotopic (exact) mass is 467 g/mol. The summed E-state index contributed by atoms with van der Waals surface area (Å²) in [6, 6.07) is 12.6. The first kappa shape index (κ1) is 22.6. The third kappa shape index (κ3) is 4.35. The normalized spacial score (nSPS) is 11.8. The van der Waals surface area contributed by atoms with Crippen molar-refractivity contribution in [2.24, 2.45) is 5.73 Å². The summed E-state index contributed by atoms with van der Waals surface area (Å²) < 4.78 is 44.2. The van der Waals surface area contributed by atoms with Crippen LogP contribution in [0.25, 0.3) is 34.0 Å². The molecular weight excluding hydrogens is 445 g/mol. The number of nitrogens with zero attached hydrogens (tertiary/aromatic N) is 3. The zero-order chi connectivity index (χ0) is 23.8. The van der Waals surface area contributed by atoms with Gasteiger partial charge in [-0.25, -0.2) is 22.8 Å². The molecule has 33 heavy (non-hydrogen) atoms. The van der Waals surface area contributed by atoms with Gasteiger partial charge in [0.1, 0.15) is 11.5 Å². The molecule has 0 spiro atoms. The number of sulfone groups is 1. The fraction of sp³-hybridized carbons (Fsp3) is 0.174. The maximum absolute atomic E-state index is 14.1. The van der Waals surface area contributed by atoms with E-state index >= 15 is 0 Å². The van der Waals surface area contributed by atoms with Gasteiger partial charge in [-0.05, 0) is 32.0 Å². The molecule has 170 valence electrons. The molecule has 2 heterocycles. The summed E-state index contributed by atoms with van der Waals surface area (Å²) >= 11 is 0. The second-order valence-corrected chi connectivity index (χ2v) is 10.2. The molecular formula is C23H22FN5O3S. The number of rotatable bonds is 6. The van der Waals surface area contributed by atoms with Crippen molar-refractivity contribution in [3.63, 3.8) is 0 Å². The molecule has 0 unspecified atom stereocenters. The Labute approximate surface area is 190 Å². The molecule has 4 rings (SSSR count). The minimum atomic E-state index is -3.38. The molecule has 0 aliphatic carbocycles. The number of aromatic nitrogens is 3. The lowest BCUT2D eigenvalue weighted by Crippen LogP contribution is -2.13. The zero-order valence-electron chi connectivity index (χ0n) is 18.0. The third-order valence-corrected chi connectivity index (χ3v) is 7.38. The van der Waals surface area contributed by atoms with Crippen LogP contribution >= 0.6 is 0 Å². The van der Waals surface area contributed by atoms with Crippen molar-refractivity contribution in [1.82, 2.24) is 15.1 Å². The van der Waals surface area contributed by atoms with Crippen molar-refractivity contribution in [3.8, 4) is 34.0 Å². The maximum Gasteiger partial charge on any atom is 0.189 e. The number of nitrogen functional groups attached to an aromatic ring is 1. The minimum Gasteiger partial charge on any atom is -0.382 e. The van der Waals surface area contributed by atoms with Gasteiger partial charge in [0.05, 0.1) is 22.0 Å². The quantitative estimate of drug-likeness (QED) is 0.436. The Morgan fingerprint density at radius 2 is 1.73 bits per heavy atom. The molecule has 0 fully saturated rings. The maximum atomic E-state index is 14.1. The molecule has 2 aromatic heterocycles. The molecule has 4 aromatic rings. The molecule has 0 bridgehead atoms.